The maximum Gasteiger partial charge on any atom is 0.251 e. The number of nitrogens with one attached hydrogen (secondary N) is 2. The maximum atomic E-state index is 12.3. The number of hydrogen-bond acceptors (Lipinski definition) is 5. The van der Waals surface area contributed by atoms with Crippen molar-refractivity contribution < 1.29 is 4.79 Å². The van der Waals surface area contributed by atoms with E-state index in [-0.39, 0.29) is 11.8 Å². The van der Waals surface area contributed by atoms with Crippen molar-refractivity contribution in [2.75, 3.05) is 18.4 Å². The summed E-state index contributed by atoms with van der Waals surface area (Å²) < 4.78 is 1.84. The minimum Gasteiger partial charge on any atom is -0.368 e. The highest BCUT2D eigenvalue weighted by atomic mass is 16.1. The van der Waals surface area contributed by atoms with Crippen LogP contribution in [0.2, 0.25) is 0 Å². The highest BCUT2D eigenvalue weighted by Crippen LogP contribution is 2.26. The van der Waals surface area contributed by atoms with Crippen LogP contribution in [0.15, 0.2) is 60.8 Å². The van der Waals surface area contributed by atoms with E-state index in [1.54, 1.807) is 6.20 Å². The van der Waals surface area contributed by atoms with E-state index in [0.29, 0.717) is 18.7 Å². The summed E-state index contributed by atoms with van der Waals surface area (Å²) in [4.78, 5) is 21.9. The first-order chi connectivity index (χ1) is 15.6. The number of benzene rings is 2. The molecule has 4 rings (SSSR count). The lowest BCUT2D eigenvalue weighted by Crippen LogP contribution is -2.29. The van der Waals surface area contributed by atoms with E-state index in [0.717, 1.165) is 40.3 Å². The Balaban J connectivity index is 1.53. The molecule has 4 aromatic rings. The van der Waals surface area contributed by atoms with Crippen molar-refractivity contribution in [2.45, 2.75) is 33.1 Å². The quantitative estimate of drug-likeness (QED) is 0.404. The van der Waals surface area contributed by atoms with Crippen LogP contribution in [0.4, 0.5) is 5.82 Å². The van der Waals surface area contributed by atoms with Gasteiger partial charge in [-0.2, -0.15) is 5.10 Å². The van der Waals surface area contributed by atoms with Crippen molar-refractivity contribution >= 4 is 22.8 Å². The molecule has 1 amide bonds. The number of anilines is 1. The van der Waals surface area contributed by atoms with Crippen LogP contribution in [-0.4, -0.2) is 38.7 Å². The predicted molar refractivity (Wildman–Crippen MR) is 127 cm³/mol. The summed E-state index contributed by atoms with van der Waals surface area (Å²) in [6.07, 6.45) is 2.73. The number of amides is 1. The summed E-state index contributed by atoms with van der Waals surface area (Å²) in [5, 5.41) is 11.7. The second kappa shape index (κ2) is 9.60. The number of aromatic nitrogens is 4. The molecule has 2 aromatic carbocycles. The highest BCUT2D eigenvalue weighted by molar-refractivity contribution is 5.94. The molecule has 0 unspecified atom stereocenters. The second-order valence-corrected chi connectivity index (χ2v) is 7.92. The SMILES string of the molecule is CC[C@H](C)c1nc(NCCNC(=O)c2ccc(C)cc2)c2cnn(-c3ccccc3)c2n1. The van der Waals surface area contributed by atoms with Gasteiger partial charge in [-0.3, -0.25) is 4.79 Å². The molecule has 2 heterocycles. The molecule has 164 valence electrons. The lowest BCUT2D eigenvalue weighted by atomic mass is 10.1. The van der Waals surface area contributed by atoms with Crippen LogP contribution >= 0.6 is 0 Å². The van der Waals surface area contributed by atoms with Gasteiger partial charge in [0.1, 0.15) is 11.6 Å². The smallest absolute Gasteiger partial charge is 0.251 e. The van der Waals surface area contributed by atoms with E-state index < -0.39 is 0 Å². The summed E-state index contributed by atoms with van der Waals surface area (Å²) in [5.74, 6) is 1.65. The molecule has 1 atom stereocenters. The van der Waals surface area contributed by atoms with E-state index >= 15 is 0 Å². The van der Waals surface area contributed by atoms with Gasteiger partial charge in [0.25, 0.3) is 5.91 Å². The number of fused-ring (bicyclic) bond motifs is 1. The maximum absolute atomic E-state index is 12.3. The number of nitrogens with zero attached hydrogens (tertiary/aromatic N) is 4. The summed E-state index contributed by atoms with van der Waals surface area (Å²) >= 11 is 0. The normalized spacial score (nSPS) is 12.0. The standard InChI is InChI=1S/C25H28N6O/c1-4-18(3)22-29-23(26-14-15-27-25(32)19-12-10-17(2)11-13-19)21-16-28-31(24(21)30-22)20-8-6-5-7-9-20/h5-13,16,18H,4,14-15H2,1-3H3,(H,27,32)(H,26,29,30)/t18-/m0/s1. The fraction of sp³-hybridized carbons (Fsp3) is 0.280. The fourth-order valence-corrected chi connectivity index (χ4v) is 3.38. The summed E-state index contributed by atoms with van der Waals surface area (Å²) in [5.41, 5.74) is 3.51. The van der Waals surface area contributed by atoms with Gasteiger partial charge in [-0.25, -0.2) is 14.6 Å². The Bertz CT molecular complexity index is 1200. The van der Waals surface area contributed by atoms with Gasteiger partial charge in [0.2, 0.25) is 0 Å². The molecule has 0 aliphatic carbocycles. The largest absolute Gasteiger partial charge is 0.368 e. The lowest BCUT2D eigenvalue weighted by molar-refractivity contribution is 0.0955. The van der Waals surface area contributed by atoms with Gasteiger partial charge in [-0.15, -0.1) is 0 Å². The van der Waals surface area contributed by atoms with Gasteiger partial charge in [0.15, 0.2) is 5.65 Å². The van der Waals surface area contributed by atoms with Gasteiger partial charge in [-0.05, 0) is 37.6 Å². The van der Waals surface area contributed by atoms with Crippen molar-refractivity contribution in [1.29, 1.82) is 0 Å². The van der Waals surface area contributed by atoms with E-state index in [9.17, 15) is 4.79 Å². The number of carbonyl (C=O) groups excluding carboxylic acids is 1. The molecule has 7 nitrogen and oxygen atoms in total. The van der Waals surface area contributed by atoms with Crippen LogP contribution in [0.1, 0.15) is 47.9 Å². The highest BCUT2D eigenvalue weighted by Gasteiger charge is 2.16. The monoisotopic (exact) mass is 428 g/mol. The summed E-state index contributed by atoms with van der Waals surface area (Å²) in [7, 11) is 0. The molecular formula is C25H28N6O. The Kier molecular flexibility index (Phi) is 6.44. The number of para-hydroxylation sites is 1. The molecule has 7 heteroatoms. The van der Waals surface area contributed by atoms with Crippen LogP contribution in [-0.2, 0) is 0 Å². The number of carbonyl (C=O) groups is 1. The molecule has 0 aliphatic rings. The molecule has 2 aromatic heterocycles. The zero-order chi connectivity index (χ0) is 22.5. The molecule has 0 spiro atoms. The third-order valence-corrected chi connectivity index (χ3v) is 5.52. The molecular weight excluding hydrogens is 400 g/mol. The van der Waals surface area contributed by atoms with E-state index in [4.69, 9.17) is 9.97 Å². The van der Waals surface area contributed by atoms with E-state index in [1.165, 1.54) is 0 Å². The molecule has 32 heavy (non-hydrogen) atoms. The minimum absolute atomic E-state index is 0.0863. The van der Waals surface area contributed by atoms with Crippen molar-refractivity contribution in [3.8, 4) is 5.69 Å². The average Bonchev–Trinajstić information content (AvgIpc) is 3.26. The zero-order valence-corrected chi connectivity index (χ0v) is 18.7. The number of hydrogen-bond donors (Lipinski definition) is 2. The zero-order valence-electron chi connectivity index (χ0n) is 18.7. The molecule has 0 bridgehead atoms. The molecule has 0 aliphatic heterocycles. The first kappa shape index (κ1) is 21.5. The number of rotatable bonds is 8. The third-order valence-electron chi connectivity index (χ3n) is 5.52. The Morgan fingerprint density at radius 1 is 1.03 bits per heavy atom. The van der Waals surface area contributed by atoms with Crippen LogP contribution in [0.5, 0.6) is 0 Å². The molecule has 2 N–H and O–H groups in total. The minimum atomic E-state index is -0.0863. The van der Waals surface area contributed by atoms with Crippen molar-refractivity contribution in [3.05, 3.63) is 77.7 Å². The average molecular weight is 429 g/mol. The van der Waals surface area contributed by atoms with Crippen molar-refractivity contribution in [1.82, 2.24) is 25.1 Å². The second-order valence-electron chi connectivity index (χ2n) is 7.92. The Morgan fingerprint density at radius 3 is 2.50 bits per heavy atom. The Labute approximate surface area is 187 Å². The lowest BCUT2D eigenvalue weighted by Gasteiger charge is -2.13. The summed E-state index contributed by atoms with van der Waals surface area (Å²) in [6.45, 7) is 7.27. The summed E-state index contributed by atoms with van der Waals surface area (Å²) in [6, 6.07) is 17.5. The Hall–Kier alpha value is -3.74. The first-order valence-electron chi connectivity index (χ1n) is 11.0. The third kappa shape index (κ3) is 4.61. The first-order valence-corrected chi connectivity index (χ1v) is 11.0. The van der Waals surface area contributed by atoms with Gasteiger partial charge < -0.3 is 10.6 Å². The van der Waals surface area contributed by atoms with Gasteiger partial charge in [-0.1, -0.05) is 49.7 Å². The van der Waals surface area contributed by atoms with Crippen LogP contribution < -0.4 is 10.6 Å². The van der Waals surface area contributed by atoms with Gasteiger partial charge >= 0.3 is 0 Å². The molecule has 0 fully saturated rings. The van der Waals surface area contributed by atoms with Gasteiger partial charge in [0, 0.05) is 24.6 Å². The van der Waals surface area contributed by atoms with E-state index in [1.807, 2.05) is 66.2 Å². The topological polar surface area (TPSA) is 84.7 Å². The fourth-order valence-electron chi connectivity index (χ4n) is 3.38. The van der Waals surface area contributed by atoms with Crippen molar-refractivity contribution in [2.24, 2.45) is 0 Å². The van der Waals surface area contributed by atoms with Crippen LogP contribution in [0.25, 0.3) is 16.7 Å². The van der Waals surface area contributed by atoms with E-state index in [2.05, 4.69) is 29.6 Å². The molecule has 0 radical (unpaired) electrons. The van der Waals surface area contributed by atoms with Crippen LogP contribution in [0.3, 0.4) is 0 Å². The Morgan fingerprint density at radius 2 is 1.78 bits per heavy atom. The molecule has 0 saturated heterocycles. The van der Waals surface area contributed by atoms with Crippen molar-refractivity contribution in [3.63, 3.8) is 0 Å². The molecule has 0 saturated carbocycles. The predicted octanol–water partition coefficient (Wildman–Crippen LogP) is 4.48. The van der Waals surface area contributed by atoms with Crippen LogP contribution in [0, 0.1) is 6.92 Å². The number of aryl methyl sites for hydroxylation is 1. The van der Waals surface area contributed by atoms with Gasteiger partial charge in [0.05, 0.1) is 17.3 Å².